The molecule has 0 unspecified atom stereocenters. The largest absolute Gasteiger partial charge is 0.462 e. The zero-order chi connectivity index (χ0) is 26.8. The van der Waals surface area contributed by atoms with Gasteiger partial charge in [-0.2, -0.15) is 0 Å². The molecule has 5 rings (SSSR count). The van der Waals surface area contributed by atoms with Crippen LogP contribution in [0.1, 0.15) is 90.5 Å². The first-order valence-corrected chi connectivity index (χ1v) is 13.8. The molecule has 1 heterocycles. The molecular weight excluding hydrogens is 476 g/mol. The van der Waals surface area contributed by atoms with Crippen molar-refractivity contribution in [1.29, 1.82) is 0 Å². The van der Waals surface area contributed by atoms with Gasteiger partial charge < -0.3 is 24.1 Å². The molecule has 0 bridgehead atoms. The third kappa shape index (κ3) is 4.15. The van der Waals surface area contributed by atoms with Crippen LogP contribution >= 0.6 is 0 Å². The van der Waals surface area contributed by atoms with Crippen LogP contribution in [0.2, 0.25) is 0 Å². The predicted molar refractivity (Wildman–Crippen MR) is 133 cm³/mol. The van der Waals surface area contributed by atoms with Crippen LogP contribution in [-0.4, -0.2) is 46.1 Å². The fourth-order valence-corrected chi connectivity index (χ4v) is 9.02. The van der Waals surface area contributed by atoms with Gasteiger partial charge >= 0.3 is 17.6 Å². The highest BCUT2D eigenvalue weighted by molar-refractivity contribution is 5.74. The Bertz CT molecular complexity index is 1090. The lowest BCUT2D eigenvalue weighted by atomic mass is 9.43. The number of rotatable bonds is 4. The maximum Gasteiger partial charge on any atom is 0.335 e. The molecule has 4 saturated carbocycles. The quantitative estimate of drug-likeness (QED) is 0.581. The molecule has 10 atom stereocenters. The topological polar surface area (TPSA) is 123 Å². The Morgan fingerprint density at radius 1 is 1.08 bits per heavy atom. The lowest BCUT2D eigenvalue weighted by molar-refractivity contribution is -0.208. The van der Waals surface area contributed by atoms with E-state index < -0.39 is 34.8 Å². The Kier molecular flexibility index (Phi) is 6.59. The molecule has 1 aromatic heterocycles. The summed E-state index contributed by atoms with van der Waals surface area (Å²) in [4.78, 5) is 35.7. The summed E-state index contributed by atoms with van der Waals surface area (Å²) in [7, 11) is 0. The Labute approximate surface area is 217 Å². The van der Waals surface area contributed by atoms with E-state index in [1.165, 1.54) is 26.2 Å². The van der Waals surface area contributed by atoms with Gasteiger partial charge in [0.2, 0.25) is 0 Å². The number of aliphatic hydroxyl groups is 2. The maximum absolute atomic E-state index is 12.6. The minimum atomic E-state index is -1.12. The molecule has 0 spiro atoms. The lowest BCUT2D eigenvalue weighted by Gasteiger charge is -2.63. The molecule has 204 valence electrons. The Morgan fingerprint density at radius 2 is 1.84 bits per heavy atom. The summed E-state index contributed by atoms with van der Waals surface area (Å²) in [5, 5.41) is 22.2. The van der Waals surface area contributed by atoms with E-state index in [1.807, 2.05) is 0 Å². The second-order valence-electron chi connectivity index (χ2n) is 12.6. The van der Waals surface area contributed by atoms with Gasteiger partial charge in [-0.1, -0.05) is 13.8 Å². The molecule has 4 aliphatic carbocycles. The molecule has 0 radical (unpaired) electrons. The van der Waals surface area contributed by atoms with Crippen LogP contribution in [0.3, 0.4) is 0 Å². The van der Waals surface area contributed by atoms with Crippen molar-refractivity contribution in [2.75, 3.05) is 0 Å². The van der Waals surface area contributed by atoms with E-state index >= 15 is 0 Å². The van der Waals surface area contributed by atoms with Crippen molar-refractivity contribution in [3.63, 3.8) is 0 Å². The fraction of sp³-hybridized carbons (Fsp3) is 0.759. The highest BCUT2D eigenvalue weighted by Gasteiger charge is 2.70. The highest BCUT2D eigenvalue weighted by atomic mass is 16.6. The van der Waals surface area contributed by atoms with E-state index in [0.717, 1.165) is 50.5 Å². The van der Waals surface area contributed by atoms with Crippen molar-refractivity contribution >= 4 is 11.9 Å². The van der Waals surface area contributed by atoms with Crippen molar-refractivity contribution in [2.24, 2.45) is 28.6 Å². The Balaban J connectivity index is 1.44. The second-order valence-corrected chi connectivity index (χ2v) is 12.6. The second kappa shape index (κ2) is 9.23. The molecule has 37 heavy (non-hydrogen) atoms. The molecule has 0 aromatic carbocycles. The first-order chi connectivity index (χ1) is 17.4. The van der Waals surface area contributed by atoms with Crippen molar-refractivity contribution in [2.45, 2.75) is 109 Å². The summed E-state index contributed by atoms with van der Waals surface area (Å²) in [5.41, 5.74) is -1.21. The van der Waals surface area contributed by atoms with Crippen LogP contribution in [0.5, 0.6) is 0 Å². The fourth-order valence-electron chi connectivity index (χ4n) is 9.02. The van der Waals surface area contributed by atoms with Gasteiger partial charge in [-0.3, -0.25) is 4.79 Å². The molecule has 2 N–H and O–H groups in total. The molecule has 8 heteroatoms. The highest BCUT2D eigenvalue weighted by Crippen LogP contribution is 2.71. The SMILES string of the molecule is CC(=O)O[C@H]1C[C@]2(O)[C@@H]3CC[C@@H]4C[C@@H](OC(=O)[C@@H](C)O)CC[C@]4(C)[C@H]3CC[C@]2(C)[C@H]1c1ccc(=O)oc1. The predicted octanol–water partition coefficient (Wildman–Crippen LogP) is 3.72. The lowest BCUT2D eigenvalue weighted by Crippen LogP contribution is -2.62. The number of carbonyl (C=O) groups is 2. The van der Waals surface area contributed by atoms with Crippen molar-refractivity contribution in [3.8, 4) is 0 Å². The average Bonchev–Trinajstić information content (AvgIpc) is 3.05. The van der Waals surface area contributed by atoms with Gasteiger partial charge in [-0.15, -0.1) is 0 Å². The Morgan fingerprint density at radius 3 is 2.49 bits per heavy atom. The summed E-state index contributed by atoms with van der Waals surface area (Å²) in [5.74, 6) is -0.461. The van der Waals surface area contributed by atoms with Gasteiger partial charge in [0.15, 0.2) is 0 Å². The summed E-state index contributed by atoms with van der Waals surface area (Å²) in [6.07, 6.45) is 6.00. The number of hydrogen-bond acceptors (Lipinski definition) is 8. The smallest absolute Gasteiger partial charge is 0.335 e. The van der Waals surface area contributed by atoms with E-state index in [9.17, 15) is 24.6 Å². The number of hydrogen-bond donors (Lipinski definition) is 2. The van der Waals surface area contributed by atoms with Crippen LogP contribution in [0.25, 0.3) is 0 Å². The summed E-state index contributed by atoms with van der Waals surface area (Å²) in [6.45, 7) is 7.29. The van der Waals surface area contributed by atoms with Crippen molar-refractivity contribution in [3.05, 3.63) is 34.4 Å². The van der Waals surface area contributed by atoms with Crippen molar-refractivity contribution in [1.82, 2.24) is 0 Å². The summed E-state index contributed by atoms with van der Waals surface area (Å²) in [6, 6.07) is 3.13. The Hall–Kier alpha value is -2.19. The third-order valence-electron chi connectivity index (χ3n) is 10.8. The normalized spacial score (nSPS) is 43.6. The summed E-state index contributed by atoms with van der Waals surface area (Å²) >= 11 is 0. The number of ether oxygens (including phenoxy) is 2. The van der Waals surface area contributed by atoms with Crippen LogP contribution in [0.15, 0.2) is 27.6 Å². The van der Waals surface area contributed by atoms with E-state index in [4.69, 9.17) is 13.9 Å². The van der Waals surface area contributed by atoms with Crippen LogP contribution < -0.4 is 5.63 Å². The van der Waals surface area contributed by atoms with Gasteiger partial charge in [-0.05, 0) is 86.7 Å². The van der Waals surface area contributed by atoms with E-state index in [0.29, 0.717) is 18.3 Å². The monoisotopic (exact) mass is 516 g/mol. The van der Waals surface area contributed by atoms with Gasteiger partial charge in [-0.25, -0.2) is 9.59 Å². The molecule has 4 aliphatic rings. The molecular formula is C29H40O8. The summed E-state index contributed by atoms with van der Waals surface area (Å²) < 4.78 is 16.6. The molecule has 4 fully saturated rings. The number of carbonyl (C=O) groups excluding carboxylic acids is 2. The average molecular weight is 517 g/mol. The molecule has 0 aliphatic heterocycles. The number of esters is 2. The first-order valence-electron chi connectivity index (χ1n) is 13.8. The zero-order valence-corrected chi connectivity index (χ0v) is 22.3. The maximum atomic E-state index is 12.6. The van der Waals surface area contributed by atoms with E-state index in [2.05, 4.69) is 13.8 Å². The van der Waals surface area contributed by atoms with Gasteiger partial charge in [0.05, 0.1) is 11.9 Å². The van der Waals surface area contributed by atoms with E-state index in [1.54, 1.807) is 6.07 Å². The van der Waals surface area contributed by atoms with Crippen molar-refractivity contribution < 1.29 is 33.7 Å². The first kappa shape index (κ1) is 26.4. The molecule has 0 saturated heterocycles. The van der Waals surface area contributed by atoms with Gasteiger partial charge in [0, 0.05) is 30.7 Å². The minimum Gasteiger partial charge on any atom is -0.462 e. The molecule has 8 nitrogen and oxygen atoms in total. The number of aliphatic hydroxyl groups excluding tert-OH is 1. The zero-order valence-electron chi connectivity index (χ0n) is 22.3. The van der Waals surface area contributed by atoms with Crippen LogP contribution in [-0.2, 0) is 19.1 Å². The van der Waals surface area contributed by atoms with Crippen LogP contribution in [0, 0.1) is 28.6 Å². The standard InChI is InChI=1S/C29H40O8/c1-16(30)26(33)37-20-9-11-27(3)19(13-20)6-7-22-21(27)10-12-28(4)25(18-5-8-24(32)35-15-18)23(36-17(2)31)14-29(22,28)34/h5,8,15-16,19-23,25,30,34H,6-7,9-14H2,1-4H3/t16-,19-,20+,21+,22-,23+,25+,27+,28-,29+/m1/s1. The van der Waals surface area contributed by atoms with Gasteiger partial charge in [0.1, 0.15) is 18.3 Å². The minimum absolute atomic E-state index is 0.0161. The van der Waals surface area contributed by atoms with Gasteiger partial charge in [0.25, 0.3) is 0 Å². The van der Waals surface area contributed by atoms with E-state index in [-0.39, 0.29) is 29.3 Å². The van der Waals surface area contributed by atoms with Crippen LogP contribution in [0.4, 0.5) is 0 Å². The molecule has 0 amide bonds. The molecule has 1 aromatic rings. The third-order valence-corrected chi connectivity index (χ3v) is 10.8. The number of fused-ring (bicyclic) bond motifs is 5.